The van der Waals surface area contributed by atoms with Crippen LogP contribution in [0.4, 0.5) is 0 Å². The van der Waals surface area contributed by atoms with Gasteiger partial charge in [0.05, 0.1) is 0 Å². The SMILES string of the molecule is O=P(O)(O)O.[Mn]. The minimum atomic E-state index is -4.64. The Morgan fingerprint density at radius 3 is 1.17 bits per heavy atom. The molecule has 0 bridgehead atoms. The molecule has 0 aromatic rings. The van der Waals surface area contributed by atoms with Crippen molar-refractivity contribution in [1.29, 1.82) is 0 Å². The van der Waals surface area contributed by atoms with E-state index in [0.29, 0.717) is 0 Å². The molecule has 0 heterocycles. The van der Waals surface area contributed by atoms with Crippen LogP contribution in [0.25, 0.3) is 0 Å². The van der Waals surface area contributed by atoms with Crippen LogP contribution < -0.4 is 0 Å². The molecule has 0 fully saturated rings. The summed E-state index contributed by atoms with van der Waals surface area (Å²) in [5, 5.41) is 0. The second-order valence-electron chi connectivity index (χ2n) is 0.513. The van der Waals surface area contributed by atoms with Gasteiger partial charge >= 0.3 is 7.82 Å². The van der Waals surface area contributed by atoms with Crippen molar-refractivity contribution in [2.24, 2.45) is 0 Å². The van der Waals surface area contributed by atoms with Gasteiger partial charge in [-0.2, -0.15) is 0 Å². The van der Waals surface area contributed by atoms with Crippen LogP contribution in [-0.4, -0.2) is 14.7 Å². The zero-order chi connectivity index (χ0) is 4.50. The molecule has 6 heavy (non-hydrogen) atoms. The third-order valence-electron chi connectivity index (χ3n) is 0. The first-order chi connectivity index (χ1) is 2.00. The molecule has 1 radical (unpaired) electrons. The molecule has 0 rings (SSSR count). The summed E-state index contributed by atoms with van der Waals surface area (Å²) in [7, 11) is -4.64. The predicted molar refractivity (Wildman–Crippen MR) is 14.3 cm³/mol. The molecule has 0 unspecified atom stereocenters. The van der Waals surface area contributed by atoms with E-state index >= 15 is 0 Å². The number of hydrogen-bond acceptors (Lipinski definition) is 1. The van der Waals surface area contributed by atoms with Crippen molar-refractivity contribution in [2.45, 2.75) is 0 Å². The number of hydrogen-bond donors (Lipinski definition) is 3. The summed E-state index contributed by atoms with van der Waals surface area (Å²) in [5.74, 6) is 0. The summed E-state index contributed by atoms with van der Waals surface area (Å²) in [5.41, 5.74) is 0. The Labute approximate surface area is 44.9 Å². The summed E-state index contributed by atoms with van der Waals surface area (Å²) in [6.45, 7) is 0. The summed E-state index contributed by atoms with van der Waals surface area (Å²) in [6.07, 6.45) is 0. The van der Waals surface area contributed by atoms with Crippen molar-refractivity contribution in [3.63, 3.8) is 0 Å². The third-order valence-corrected chi connectivity index (χ3v) is 0. The van der Waals surface area contributed by atoms with Crippen LogP contribution in [0.2, 0.25) is 0 Å². The van der Waals surface area contributed by atoms with Gasteiger partial charge in [-0.05, 0) is 0 Å². The van der Waals surface area contributed by atoms with E-state index < -0.39 is 7.82 Å². The van der Waals surface area contributed by atoms with Crippen LogP contribution in [0, 0.1) is 0 Å². The maximum Gasteiger partial charge on any atom is 0.466 e. The Kier molecular flexibility index (Phi) is 4.49. The average Bonchev–Trinajstić information content (AvgIpc) is 0.722. The van der Waals surface area contributed by atoms with Crippen molar-refractivity contribution in [1.82, 2.24) is 0 Å². The molecule has 0 aliphatic carbocycles. The zero-order valence-corrected chi connectivity index (χ0v) is 4.65. The molecular weight excluding hydrogens is 150 g/mol. The van der Waals surface area contributed by atoms with E-state index in [4.69, 9.17) is 19.2 Å². The molecule has 3 N–H and O–H groups in total. The second-order valence-corrected chi connectivity index (χ2v) is 1.54. The van der Waals surface area contributed by atoms with E-state index in [-0.39, 0.29) is 17.1 Å². The van der Waals surface area contributed by atoms with Gasteiger partial charge in [-0.15, -0.1) is 0 Å². The molecule has 0 aromatic heterocycles. The van der Waals surface area contributed by atoms with Crippen LogP contribution in [0.5, 0.6) is 0 Å². The largest absolute Gasteiger partial charge is 0.466 e. The molecule has 0 aromatic carbocycles. The van der Waals surface area contributed by atoms with Crippen molar-refractivity contribution >= 4 is 7.82 Å². The fraction of sp³-hybridized carbons (Fsp3) is 0. The maximum absolute atomic E-state index is 8.88. The monoisotopic (exact) mass is 153 g/mol. The first kappa shape index (κ1) is 9.80. The molecule has 0 saturated heterocycles. The van der Waals surface area contributed by atoms with E-state index in [0.717, 1.165) is 0 Å². The van der Waals surface area contributed by atoms with E-state index in [9.17, 15) is 0 Å². The van der Waals surface area contributed by atoms with Crippen LogP contribution >= 0.6 is 7.82 Å². The number of rotatable bonds is 0. The van der Waals surface area contributed by atoms with E-state index in [1.165, 1.54) is 0 Å². The van der Waals surface area contributed by atoms with E-state index in [2.05, 4.69) is 0 Å². The Morgan fingerprint density at radius 2 is 1.17 bits per heavy atom. The fourth-order valence-electron chi connectivity index (χ4n) is 0. The normalized spacial score (nSPS) is 9.83. The van der Waals surface area contributed by atoms with E-state index in [1.807, 2.05) is 0 Å². The van der Waals surface area contributed by atoms with Crippen LogP contribution in [0.1, 0.15) is 0 Å². The van der Waals surface area contributed by atoms with Crippen molar-refractivity contribution in [3.05, 3.63) is 0 Å². The molecule has 4 nitrogen and oxygen atoms in total. The third kappa shape index (κ3) is 154. The van der Waals surface area contributed by atoms with Gasteiger partial charge in [-0.25, -0.2) is 4.57 Å². The minimum absolute atomic E-state index is 0. The van der Waals surface area contributed by atoms with Crippen molar-refractivity contribution in [3.8, 4) is 0 Å². The molecule has 39 valence electrons. The smallest absolute Gasteiger partial charge is 0.303 e. The first-order valence-corrected chi connectivity index (χ1v) is 2.35. The molecule has 0 atom stereocenters. The van der Waals surface area contributed by atoms with Gasteiger partial charge in [0, 0.05) is 17.1 Å². The Hall–Kier alpha value is 0.629. The van der Waals surface area contributed by atoms with Gasteiger partial charge in [-0.3, -0.25) is 0 Å². The molecule has 0 saturated carbocycles. The molecule has 6 heteroatoms. The standard InChI is InChI=1S/Mn.H3O4P/c;1-5(2,3)4/h;(H3,1,2,3,4). The molecule has 0 aliphatic rings. The van der Waals surface area contributed by atoms with Gasteiger partial charge in [-0.1, -0.05) is 0 Å². The maximum atomic E-state index is 8.88. The van der Waals surface area contributed by atoms with Crippen molar-refractivity contribution in [2.75, 3.05) is 0 Å². The summed E-state index contributed by atoms with van der Waals surface area (Å²) in [6, 6.07) is 0. The second kappa shape index (κ2) is 2.75. The summed E-state index contributed by atoms with van der Waals surface area (Å²) < 4.78 is 8.88. The average molecular weight is 153 g/mol. The Balaban J connectivity index is 0. The van der Waals surface area contributed by atoms with Gasteiger partial charge in [0.2, 0.25) is 0 Å². The number of phosphoric acid groups is 1. The zero-order valence-electron chi connectivity index (χ0n) is 2.58. The minimum Gasteiger partial charge on any atom is -0.303 e. The Morgan fingerprint density at radius 1 is 1.17 bits per heavy atom. The first-order valence-electron chi connectivity index (χ1n) is 0.783. The van der Waals surface area contributed by atoms with Crippen molar-refractivity contribution < 1.29 is 36.3 Å². The summed E-state index contributed by atoms with van der Waals surface area (Å²) >= 11 is 0. The predicted octanol–water partition coefficient (Wildman–Crippen LogP) is -0.931. The molecule has 0 aliphatic heterocycles. The molecule has 0 amide bonds. The van der Waals surface area contributed by atoms with Gasteiger partial charge < -0.3 is 14.7 Å². The summed E-state index contributed by atoms with van der Waals surface area (Å²) in [4.78, 5) is 21.6. The van der Waals surface area contributed by atoms with Gasteiger partial charge in [0.25, 0.3) is 0 Å². The topological polar surface area (TPSA) is 77.8 Å². The molecule has 0 spiro atoms. The van der Waals surface area contributed by atoms with Crippen LogP contribution in [-0.2, 0) is 21.6 Å². The fourth-order valence-corrected chi connectivity index (χ4v) is 0. The van der Waals surface area contributed by atoms with Crippen LogP contribution in [0.15, 0.2) is 0 Å². The van der Waals surface area contributed by atoms with Crippen LogP contribution in [0.3, 0.4) is 0 Å². The van der Waals surface area contributed by atoms with Gasteiger partial charge in [0.1, 0.15) is 0 Å². The Bertz CT molecular complexity index is 53.7. The quantitative estimate of drug-likeness (QED) is 0.310. The van der Waals surface area contributed by atoms with Gasteiger partial charge in [0.15, 0.2) is 0 Å². The molecular formula is H3MnO4P. The van der Waals surface area contributed by atoms with E-state index in [1.54, 1.807) is 0 Å².